The third-order valence-corrected chi connectivity index (χ3v) is 3.41. The molecule has 0 saturated heterocycles. The van der Waals surface area contributed by atoms with Gasteiger partial charge in [0.05, 0.1) is 12.0 Å². The fourth-order valence-electron chi connectivity index (χ4n) is 1.47. The van der Waals surface area contributed by atoms with Gasteiger partial charge in [0.15, 0.2) is 11.5 Å². The summed E-state index contributed by atoms with van der Waals surface area (Å²) in [4.78, 5) is 11.9. The summed E-state index contributed by atoms with van der Waals surface area (Å²) in [5.74, 6) is 0.883. The lowest BCUT2D eigenvalue weighted by Crippen LogP contribution is -2.38. The lowest BCUT2D eigenvalue weighted by Gasteiger charge is -2.19. The Hall–Kier alpha value is -1.62. The zero-order chi connectivity index (χ0) is 13.2. The van der Waals surface area contributed by atoms with Crippen LogP contribution in [0.2, 0.25) is 0 Å². The molecule has 1 amide bonds. The fourth-order valence-corrected chi connectivity index (χ4v) is 1.59. The fraction of sp³-hybridized carbons (Fsp3) is 0.417. The molecule has 0 spiro atoms. The van der Waals surface area contributed by atoms with Gasteiger partial charge < -0.3 is 5.32 Å². The quantitative estimate of drug-likeness (QED) is 0.856. The van der Waals surface area contributed by atoms with Gasteiger partial charge >= 0.3 is 0 Å². The smallest absolute Gasteiger partial charge is 0.227 e. The van der Waals surface area contributed by atoms with Crippen LogP contribution in [0.1, 0.15) is 19.7 Å². The molecule has 0 saturated carbocycles. The Bertz CT molecular complexity index is 564. The third-order valence-electron chi connectivity index (χ3n) is 2.74. The maximum atomic E-state index is 11.9. The molecule has 0 aromatic carbocycles. The van der Waals surface area contributed by atoms with Crippen LogP contribution in [0.5, 0.6) is 0 Å². The first-order valence-electron chi connectivity index (χ1n) is 5.67. The standard InChI is InChI=1S/C12H15ClN4O/c1-12(2,8-13)11(18)14-7-10-16-15-9-5-3-4-6-17(9)10/h3-6H,7-8H2,1-2H3,(H,14,18). The van der Waals surface area contributed by atoms with E-state index in [1.54, 1.807) is 13.8 Å². The summed E-state index contributed by atoms with van der Waals surface area (Å²) in [6.07, 6.45) is 1.86. The maximum absolute atomic E-state index is 11.9. The molecule has 0 radical (unpaired) electrons. The van der Waals surface area contributed by atoms with Gasteiger partial charge in [-0.25, -0.2) is 0 Å². The van der Waals surface area contributed by atoms with Gasteiger partial charge in [0.25, 0.3) is 0 Å². The zero-order valence-electron chi connectivity index (χ0n) is 10.4. The van der Waals surface area contributed by atoms with Crippen LogP contribution in [0.25, 0.3) is 5.65 Å². The van der Waals surface area contributed by atoms with E-state index in [1.165, 1.54) is 0 Å². The molecule has 5 nitrogen and oxygen atoms in total. The van der Waals surface area contributed by atoms with Crippen LogP contribution in [0.3, 0.4) is 0 Å². The number of carbonyl (C=O) groups excluding carboxylic acids is 1. The Morgan fingerprint density at radius 2 is 2.22 bits per heavy atom. The summed E-state index contributed by atoms with van der Waals surface area (Å²) in [7, 11) is 0. The summed E-state index contributed by atoms with van der Waals surface area (Å²) in [5, 5.41) is 10.9. The number of carbonyl (C=O) groups is 1. The van der Waals surface area contributed by atoms with Crippen LogP contribution in [0.15, 0.2) is 24.4 Å². The van der Waals surface area contributed by atoms with Crippen molar-refractivity contribution in [3.8, 4) is 0 Å². The number of aromatic nitrogens is 3. The molecule has 2 rings (SSSR count). The Labute approximate surface area is 110 Å². The molecule has 1 N–H and O–H groups in total. The van der Waals surface area contributed by atoms with Gasteiger partial charge in [0.2, 0.25) is 5.91 Å². The molecule has 0 atom stereocenters. The van der Waals surface area contributed by atoms with E-state index in [0.717, 1.165) is 5.65 Å². The van der Waals surface area contributed by atoms with Crippen molar-refractivity contribution < 1.29 is 4.79 Å². The topological polar surface area (TPSA) is 59.3 Å². The second-order valence-corrected chi connectivity index (χ2v) is 5.01. The van der Waals surface area contributed by atoms with Crippen molar-refractivity contribution in [3.63, 3.8) is 0 Å². The minimum Gasteiger partial charge on any atom is -0.348 e. The Morgan fingerprint density at radius 1 is 1.44 bits per heavy atom. The predicted molar refractivity (Wildman–Crippen MR) is 69.3 cm³/mol. The largest absolute Gasteiger partial charge is 0.348 e. The molecular weight excluding hydrogens is 252 g/mol. The monoisotopic (exact) mass is 266 g/mol. The highest BCUT2D eigenvalue weighted by Crippen LogP contribution is 2.17. The molecule has 0 aliphatic heterocycles. The molecule has 0 aliphatic rings. The van der Waals surface area contributed by atoms with E-state index in [2.05, 4.69) is 15.5 Å². The van der Waals surface area contributed by atoms with Gasteiger partial charge in [-0.15, -0.1) is 21.8 Å². The molecule has 0 aliphatic carbocycles. The molecule has 18 heavy (non-hydrogen) atoms. The number of alkyl halides is 1. The van der Waals surface area contributed by atoms with Gasteiger partial charge in [-0.3, -0.25) is 9.20 Å². The number of pyridine rings is 1. The van der Waals surface area contributed by atoms with E-state index >= 15 is 0 Å². The summed E-state index contributed by atoms with van der Waals surface area (Å²) in [5.41, 5.74) is 0.181. The number of hydrogen-bond acceptors (Lipinski definition) is 3. The third kappa shape index (κ3) is 2.46. The highest BCUT2D eigenvalue weighted by atomic mass is 35.5. The van der Waals surface area contributed by atoms with Crippen LogP contribution in [0.4, 0.5) is 0 Å². The van der Waals surface area contributed by atoms with Crippen LogP contribution >= 0.6 is 11.6 Å². The molecule has 2 aromatic rings. The number of halogens is 1. The molecular formula is C12H15ClN4O. The van der Waals surface area contributed by atoms with Gasteiger partial charge in [-0.05, 0) is 26.0 Å². The minimum atomic E-state index is -0.581. The zero-order valence-corrected chi connectivity index (χ0v) is 11.1. The van der Waals surface area contributed by atoms with Crippen molar-refractivity contribution in [2.45, 2.75) is 20.4 Å². The van der Waals surface area contributed by atoms with Gasteiger partial charge in [0.1, 0.15) is 0 Å². The summed E-state index contributed by atoms with van der Waals surface area (Å²) in [6.45, 7) is 3.94. The van der Waals surface area contributed by atoms with Crippen LogP contribution in [-0.4, -0.2) is 26.4 Å². The normalized spacial score (nSPS) is 11.7. The first-order chi connectivity index (χ1) is 8.54. The van der Waals surface area contributed by atoms with Crippen molar-refractivity contribution in [1.29, 1.82) is 0 Å². The summed E-state index contributed by atoms with van der Waals surface area (Å²) < 4.78 is 1.84. The van der Waals surface area contributed by atoms with Crippen molar-refractivity contribution in [3.05, 3.63) is 30.2 Å². The van der Waals surface area contributed by atoms with Crippen LogP contribution in [-0.2, 0) is 11.3 Å². The van der Waals surface area contributed by atoms with Gasteiger partial charge in [0, 0.05) is 12.1 Å². The minimum absolute atomic E-state index is 0.0924. The Morgan fingerprint density at radius 3 is 2.94 bits per heavy atom. The highest BCUT2D eigenvalue weighted by molar-refractivity contribution is 6.19. The number of fused-ring (bicyclic) bond motifs is 1. The molecule has 6 heteroatoms. The molecule has 2 heterocycles. The number of nitrogens with one attached hydrogen (secondary N) is 1. The predicted octanol–water partition coefficient (Wildman–Crippen LogP) is 1.61. The second-order valence-electron chi connectivity index (χ2n) is 4.75. The van der Waals surface area contributed by atoms with Crippen molar-refractivity contribution >= 4 is 23.2 Å². The molecule has 96 valence electrons. The first-order valence-corrected chi connectivity index (χ1v) is 6.21. The van der Waals surface area contributed by atoms with E-state index in [0.29, 0.717) is 12.4 Å². The SMILES string of the molecule is CC(C)(CCl)C(=O)NCc1nnc2ccccn12. The van der Waals surface area contributed by atoms with E-state index < -0.39 is 5.41 Å². The number of hydrogen-bond donors (Lipinski definition) is 1. The lowest BCUT2D eigenvalue weighted by atomic mass is 9.95. The summed E-state index contributed by atoms with van der Waals surface area (Å²) in [6, 6.07) is 5.65. The summed E-state index contributed by atoms with van der Waals surface area (Å²) >= 11 is 5.75. The van der Waals surface area contributed by atoms with E-state index in [1.807, 2.05) is 28.8 Å². The number of amides is 1. The highest BCUT2D eigenvalue weighted by Gasteiger charge is 2.26. The van der Waals surface area contributed by atoms with E-state index in [-0.39, 0.29) is 11.8 Å². The number of nitrogens with zero attached hydrogens (tertiary/aromatic N) is 3. The molecule has 0 unspecified atom stereocenters. The van der Waals surface area contributed by atoms with E-state index in [4.69, 9.17) is 11.6 Å². The van der Waals surface area contributed by atoms with Crippen LogP contribution in [0, 0.1) is 5.41 Å². The second kappa shape index (κ2) is 4.94. The maximum Gasteiger partial charge on any atom is 0.227 e. The van der Waals surface area contributed by atoms with E-state index in [9.17, 15) is 4.79 Å². The number of rotatable bonds is 4. The van der Waals surface area contributed by atoms with Gasteiger partial charge in [-0.1, -0.05) is 6.07 Å². The molecule has 0 bridgehead atoms. The first kappa shape index (κ1) is 12.8. The van der Waals surface area contributed by atoms with Crippen molar-refractivity contribution in [2.24, 2.45) is 5.41 Å². The average Bonchev–Trinajstić information content (AvgIpc) is 2.79. The lowest BCUT2D eigenvalue weighted by molar-refractivity contribution is -0.128. The van der Waals surface area contributed by atoms with Crippen molar-refractivity contribution in [2.75, 3.05) is 5.88 Å². The Balaban J connectivity index is 2.09. The van der Waals surface area contributed by atoms with Crippen LogP contribution < -0.4 is 5.32 Å². The Kier molecular flexibility index (Phi) is 3.52. The molecule has 2 aromatic heterocycles. The molecule has 0 fully saturated rings. The van der Waals surface area contributed by atoms with Crippen molar-refractivity contribution in [1.82, 2.24) is 19.9 Å². The van der Waals surface area contributed by atoms with Gasteiger partial charge in [-0.2, -0.15) is 0 Å². The average molecular weight is 267 g/mol.